The third-order valence-electron chi connectivity index (χ3n) is 4.58. The molecule has 0 spiro atoms. The molecule has 0 fully saturated rings. The number of hydrogen-bond donors (Lipinski definition) is 1. The van der Waals surface area contributed by atoms with E-state index < -0.39 is 17.2 Å². The van der Waals surface area contributed by atoms with Crippen molar-refractivity contribution < 1.29 is 18.8 Å². The number of H-pyrrole nitrogens is 1. The van der Waals surface area contributed by atoms with Crippen molar-refractivity contribution in [3.05, 3.63) is 68.6 Å². The number of esters is 1. The molecular formula is C20H19N3O6. The van der Waals surface area contributed by atoms with Crippen molar-refractivity contribution >= 4 is 5.97 Å². The zero-order valence-corrected chi connectivity index (χ0v) is 15.7. The Kier molecular flexibility index (Phi) is 5.03. The number of carbonyl (C=O) groups is 1. The summed E-state index contributed by atoms with van der Waals surface area (Å²) in [5.74, 6) is 0.909. The van der Waals surface area contributed by atoms with E-state index in [1.54, 1.807) is 6.07 Å². The van der Waals surface area contributed by atoms with Crippen LogP contribution >= 0.6 is 0 Å². The molecule has 3 heterocycles. The van der Waals surface area contributed by atoms with E-state index in [0.717, 1.165) is 23.3 Å². The maximum absolute atomic E-state index is 11.9. The number of aryl methyl sites for hydroxylation is 1. The molecule has 0 bridgehead atoms. The first-order chi connectivity index (χ1) is 14.0. The van der Waals surface area contributed by atoms with Crippen LogP contribution in [0.25, 0.3) is 11.3 Å². The van der Waals surface area contributed by atoms with Crippen LogP contribution in [-0.2, 0) is 29.1 Å². The zero-order chi connectivity index (χ0) is 20.4. The van der Waals surface area contributed by atoms with Crippen molar-refractivity contribution in [3.8, 4) is 17.1 Å². The van der Waals surface area contributed by atoms with Crippen molar-refractivity contribution in [1.29, 1.82) is 0 Å². The molecule has 29 heavy (non-hydrogen) atoms. The summed E-state index contributed by atoms with van der Waals surface area (Å²) in [6.07, 6.45) is 2.37. The van der Waals surface area contributed by atoms with Gasteiger partial charge < -0.3 is 18.6 Å². The Bertz CT molecular complexity index is 1160. The quantitative estimate of drug-likeness (QED) is 0.629. The third-order valence-corrected chi connectivity index (χ3v) is 4.58. The predicted molar refractivity (Wildman–Crippen MR) is 101 cm³/mol. The lowest BCUT2D eigenvalue weighted by Crippen LogP contribution is -2.29. The number of ether oxygens (including phenoxy) is 2. The second-order valence-electron chi connectivity index (χ2n) is 6.85. The number of aromatic amines is 1. The van der Waals surface area contributed by atoms with Gasteiger partial charge >= 0.3 is 11.7 Å². The van der Waals surface area contributed by atoms with Gasteiger partial charge in [0.1, 0.15) is 24.2 Å². The molecule has 1 aromatic carbocycles. The minimum absolute atomic E-state index is 0.0169. The van der Waals surface area contributed by atoms with Crippen LogP contribution in [0.3, 0.4) is 0 Å². The molecule has 9 nitrogen and oxygen atoms in total. The Morgan fingerprint density at radius 1 is 1.31 bits per heavy atom. The minimum Gasteiger partial charge on any atom is -0.490 e. The average molecular weight is 397 g/mol. The normalized spacial score (nSPS) is 15.0. The van der Waals surface area contributed by atoms with Crippen molar-refractivity contribution in [2.45, 2.75) is 39.0 Å². The molecule has 1 N–H and O–H groups in total. The third kappa shape index (κ3) is 4.29. The van der Waals surface area contributed by atoms with E-state index in [0.29, 0.717) is 11.5 Å². The smallest absolute Gasteiger partial charge is 0.328 e. The van der Waals surface area contributed by atoms with Gasteiger partial charge in [0.05, 0.1) is 6.42 Å². The lowest BCUT2D eigenvalue weighted by molar-refractivity contribution is -0.145. The van der Waals surface area contributed by atoms with Gasteiger partial charge in [0.15, 0.2) is 5.76 Å². The second kappa shape index (κ2) is 7.78. The van der Waals surface area contributed by atoms with Gasteiger partial charge in [-0.15, -0.1) is 0 Å². The largest absolute Gasteiger partial charge is 0.490 e. The first-order valence-corrected chi connectivity index (χ1v) is 9.19. The van der Waals surface area contributed by atoms with Gasteiger partial charge in [0.2, 0.25) is 0 Å². The van der Waals surface area contributed by atoms with E-state index in [1.165, 1.54) is 16.8 Å². The molecular weight excluding hydrogens is 378 g/mol. The molecule has 0 aliphatic carbocycles. The second-order valence-corrected chi connectivity index (χ2v) is 6.85. The lowest BCUT2D eigenvalue weighted by Gasteiger charge is -2.04. The Morgan fingerprint density at radius 3 is 3.00 bits per heavy atom. The van der Waals surface area contributed by atoms with Gasteiger partial charge in [-0.1, -0.05) is 17.3 Å². The summed E-state index contributed by atoms with van der Waals surface area (Å²) < 4.78 is 17.5. The molecule has 1 atom stereocenters. The standard InChI is InChI=1S/C20H19N3O6/c1-12-8-13-2-3-14(9-16(13)28-12)17-10-15(22-29-17)11-27-19(25)5-7-23-6-4-18(24)21-20(23)26/h2-4,6,9-10,12H,5,7-8,11H2,1H3,(H,21,24,26). The van der Waals surface area contributed by atoms with Gasteiger partial charge in [-0.3, -0.25) is 14.6 Å². The van der Waals surface area contributed by atoms with Crippen molar-refractivity contribution in [1.82, 2.24) is 14.7 Å². The zero-order valence-electron chi connectivity index (χ0n) is 15.7. The molecule has 0 saturated carbocycles. The molecule has 150 valence electrons. The van der Waals surface area contributed by atoms with Gasteiger partial charge in [-0.2, -0.15) is 0 Å². The first kappa shape index (κ1) is 18.7. The summed E-state index contributed by atoms with van der Waals surface area (Å²) in [5.41, 5.74) is 1.42. The van der Waals surface area contributed by atoms with Crippen molar-refractivity contribution in [3.63, 3.8) is 0 Å². The van der Waals surface area contributed by atoms with E-state index in [2.05, 4.69) is 10.1 Å². The molecule has 1 aliphatic rings. The summed E-state index contributed by atoms with van der Waals surface area (Å²) in [6.45, 7) is 2.08. The molecule has 2 aromatic heterocycles. The molecule has 4 rings (SSSR count). The average Bonchev–Trinajstić information content (AvgIpc) is 3.30. The van der Waals surface area contributed by atoms with Gasteiger partial charge in [0.25, 0.3) is 5.56 Å². The monoisotopic (exact) mass is 397 g/mol. The van der Waals surface area contributed by atoms with Gasteiger partial charge in [-0.05, 0) is 18.6 Å². The van der Waals surface area contributed by atoms with E-state index in [9.17, 15) is 14.4 Å². The minimum atomic E-state index is -0.570. The molecule has 9 heteroatoms. The highest BCUT2D eigenvalue weighted by atomic mass is 16.5. The number of benzene rings is 1. The summed E-state index contributed by atoms with van der Waals surface area (Å²) in [4.78, 5) is 36.7. The van der Waals surface area contributed by atoms with Crippen LogP contribution < -0.4 is 16.0 Å². The molecule has 3 aromatic rings. The summed E-state index contributed by atoms with van der Waals surface area (Å²) in [7, 11) is 0. The maximum Gasteiger partial charge on any atom is 0.328 e. The Balaban J connectivity index is 1.32. The van der Waals surface area contributed by atoms with E-state index >= 15 is 0 Å². The number of carbonyl (C=O) groups excluding carboxylic acids is 1. The molecule has 1 unspecified atom stereocenters. The van der Waals surface area contributed by atoms with Crippen molar-refractivity contribution in [2.75, 3.05) is 0 Å². The van der Waals surface area contributed by atoms with E-state index in [-0.39, 0.29) is 25.7 Å². The molecule has 0 saturated heterocycles. The Hall–Kier alpha value is -3.62. The predicted octanol–water partition coefficient (Wildman–Crippen LogP) is 1.65. The highest BCUT2D eigenvalue weighted by molar-refractivity contribution is 5.69. The van der Waals surface area contributed by atoms with Crippen LogP contribution in [0.5, 0.6) is 5.75 Å². The van der Waals surface area contributed by atoms with Crippen LogP contribution in [0.15, 0.2) is 50.6 Å². The highest BCUT2D eigenvalue weighted by Crippen LogP contribution is 2.33. The highest BCUT2D eigenvalue weighted by Gasteiger charge is 2.20. The first-order valence-electron chi connectivity index (χ1n) is 9.19. The fourth-order valence-electron chi connectivity index (χ4n) is 3.13. The molecule has 1 aliphatic heterocycles. The van der Waals surface area contributed by atoms with Crippen LogP contribution in [-0.4, -0.2) is 26.8 Å². The Labute approximate surface area is 164 Å². The van der Waals surface area contributed by atoms with E-state index in [1.807, 2.05) is 25.1 Å². The number of hydrogen-bond acceptors (Lipinski definition) is 7. The van der Waals surface area contributed by atoms with Gasteiger partial charge in [0, 0.05) is 36.9 Å². The molecule has 0 radical (unpaired) electrons. The SMILES string of the molecule is CC1Cc2ccc(-c3cc(COC(=O)CCn4ccc(=O)[nH]c4=O)no3)cc2O1. The van der Waals surface area contributed by atoms with Crippen LogP contribution in [0.2, 0.25) is 0 Å². The number of fused-ring (bicyclic) bond motifs is 1. The maximum atomic E-state index is 11.9. The fourth-order valence-corrected chi connectivity index (χ4v) is 3.13. The van der Waals surface area contributed by atoms with Crippen LogP contribution in [0.1, 0.15) is 24.6 Å². The van der Waals surface area contributed by atoms with E-state index in [4.69, 9.17) is 14.0 Å². The molecule has 0 amide bonds. The van der Waals surface area contributed by atoms with Gasteiger partial charge in [-0.25, -0.2) is 4.79 Å². The Morgan fingerprint density at radius 2 is 2.17 bits per heavy atom. The summed E-state index contributed by atoms with van der Waals surface area (Å²) >= 11 is 0. The van der Waals surface area contributed by atoms with Crippen LogP contribution in [0.4, 0.5) is 0 Å². The number of rotatable bonds is 6. The summed E-state index contributed by atoms with van der Waals surface area (Å²) in [5, 5.41) is 3.93. The van der Waals surface area contributed by atoms with Crippen molar-refractivity contribution in [2.24, 2.45) is 0 Å². The topological polar surface area (TPSA) is 116 Å². The number of aromatic nitrogens is 3. The lowest BCUT2D eigenvalue weighted by atomic mass is 10.1. The number of nitrogens with zero attached hydrogens (tertiary/aromatic N) is 2. The van der Waals surface area contributed by atoms with Crippen LogP contribution in [0, 0.1) is 0 Å². The summed E-state index contributed by atoms with van der Waals surface area (Å²) in [6, 6.07) is 8.79. The fraction of sp³-hybridized carbons (Fsp3) is 0.300. The number of nitrogens with one attached hydrogen (secondary N) is 1.